The van der Waals surface area contributed by atoms with Crippen LogP contribution in [0.25, 0.3) is 5.76 Å². The van der Waals surface area contributed by atoms with Crippen LogP contribution in [0, 0.1) is 0 Å². The molecule has 1 aliphatic rings. The van der Waals surface area contributed by atoms with Gasteiger partial charge in [0, 0.05) is 31.6 Å². The van der Waals surface area contributed by atoms with Crippen molar-refractivity contribution in [3.63, 3.8) is 0 Å². The number of hydrogen-bond donors (Lipinski definition) is 2. The van der Waals surface area contributed by atoms with Crippen LogP contribution in [0.1, 0.15) is 17.2 Å². The Labute approximate surface area is 175 Å². The van der Waals surface area contributed by atoms with Crippen LogP contribution in [0.5, 0.6) is 11.5 Å². The van der Waals surface area contributed by atoms with Crippen LogP contribution in [-0.2, 0) is 14.3 Å². The third kappa shape index (κ3) is 3.83. The summed E-state index contributed by atoms with van der Waals surface area (Å²) < 4.78 is 10.6. The molecule has 0 aliphatic carbocycles. The van der Waals surface area contributed by atoms with Crippen LogP contribution in [0.3, 0.4) is 0 Å². The number of aromatic nitrogens is 1. The molecular weight excluding hydrogens is 444 g/mol. The molecule has 0 bridgehead atoms. The van der Waals surface area contributed by atoms with E-state index in [4.69, 9.17) is 9.47 Å². The molecule has 1 amide bonds. The minimum absolute atomic E-state index is 0.0584. The molecule has 0 radical (unpaired) electrons. The number of hydrogen-bond acceptors (Lipinski definition) is 7. The maximum atomic E-state index is 12.8. The maximum absolute atomic E-state index is 12.8. The van der Waals surface area contributed by atoms with Crippen molar-refractivity contribution in [3.05, 3.63) is 57.8 Å². The average Bonchev–Trinajstić information content (AvgIpc) is 2.98. The van der Waals surface area contributed by atoms with Crippen LogP contribution < -0.4 is 4.74 Å². The molecule has 1 fully saturated rings. The molecule has 1 aromatic heterocycles. The molecule has 0 saturated carbocycles. The van der Waals surface area contributed by atoms with E-state index in [1.54, 1.807) is 18.2 Å². The normalized spacial score (nSPS) is 18.3. The van der Waals surface area contributed by atoms with Gasteiger partial charge in [-0.05, 0) is 45.8 Å². The minimum atomic E-state index is -0.885. The van der Waals surface area contributed by atoms with Crippen LogP contribution in [0.15, 0.2) is 46.7 Å². The van der Waals surface area contributed by atoms with E-state index in [2.05, 4.69) is 20.9 Å². The number of halogens is 1. The van der Waals surface area contributed by atoms with E-state index in [0.717, 1.165) is 0 Å². The van der Waals surface area contributed by atoms with E-state index in [1.807, 2.05) is 0 Å². The standard InChI is InChI=1S/C20H19BrN2O6/c1-28-8-7-23-16(12-9-13(21)18(25)14(10-12)29-2)15(19(26)20(23)27)17(24)11-3-5-22-6-4-11/h3-6,9-10,16,24-25H,7-8H2,1-2H3/b17-15+. The molecule has 9 heteroatoms. The molecule has 2 heterocycles. The highest BCUT2D eigenvalue weighted by molar-refractivity contribution is 9.10. The Morgan fingerprint density at radius 3 is 2.55 bits per heavy atom. The van der Waals surface area contributed by atoms with Crippen molar-refractivity contribution in [2.24, 2.45) is 0 Å². The number of nitrogens with zero attached hydrogens (tertiary/aromatic N) is 2. The summed E-state index contributed by atoms with van der Waals surface area (Å²) in [4.78, 5) is 30.8. The number of aliphatic hydroxyl groups excluding tert-OH is 1. The van der Waals surface area contributed by atoms with Gasteiger partial charge in [0.05, 0.1) is 29.8 Å². The number of Topliss-reactive ketones (excluding diaryl/α,β-unsaturated/α-hetero) is 1. The summed E-state index contributed by atoms with van der Waals surface area (Å²) in [7, 11) is 2.88. The van der Waals surface area contributed by atoms with Crippen LogP contribution >= 0.6 is 15.9 Å². The summed E-state index contributed by atoms with van der Waals surface area (Å²) in [6, 6.07) is 5.30. The zero-order chi connectivity index (χ0) is 21.1. The maximum Gasteiger partial charge on any atom is 0.295 e. The second-order valence-corrected chi connectivity index (χ2v) is 7.13. The fraction of sp³-hybridized carbons (Fsp3) is 0.250. The summed E-state index contributed by atoms with van der Waals surface area (Å²) in [6.45, 7) is 0.342. The van der Waals surface area contributed by atoms with Gasteiger partial charge >= 0.3 is 0 Å². The van der Waals surface area contributed by atoms with Crippen LogP contribution in [0.2, 0.25) is 0 Å². The van der Waals surface area contributed by atoms with Gasteiger partial charge < -0.3 is 24.6 Å². The summed E-state index contributed by atoms with van der Waals surface area (Å²) in [6.07, 6.45) is 2.95. The predicted molar refractivity (Wildman–Crippen MR) is 107 cm³/mol. The number of likely N-dealkylation sites (tertiary alicyclic amines) is 1. The number of aliphatic hydroxyl groups is 1. The molecule has 152 valence electrons. The third-order valence-corrected chi connectivity index (χ3v) is 5.22. The lowest BCUT2D eigenvalue weighted by Gasteiger charge is -2.25. The number of ether oxygens (including phenoxy) is 2. The molecule has 2 aromatic rings. The number of rotatable bonds is 6. The Morgan fingerprint density at radius 2 is 1.93 bits per heavy atom. The van der Waals surface area contributed by atoms with Crippen LogP contribution in [-0.4, -0.2) is 59.2 Å². The second kappa shape index (κ2) is 8.62. The van der Waals surface area contributed by atoms with E-state index in [1.165, 1.54) is 37.6 Å². The highest BCUT2D eigenvalue weighted by Gasteiger charge is 2.46. The van der Waals surface area contributed by atoms with Crippen molar-refractivity contribution in [2.75, 3.05) is 27.4 Å². The first-order valence-electron chi connectivity index (χ1n) is 8.64. The van der Waals surface area contributed by atoms with Crippen molar-refractivity contribution in [1.29, 1.82) is 0 Å². The molecule has 8 nitrogen and oxygen atoms in total. The monoisotopic (exact) mass is 462 g/mol. The molecule has 29 heavy (non-hydrogen) atoms. The zero-order valence-electron chi connectivity index (χ0n) is 15.8. The number of benzene rings is 1. The number of phenolic OH excluding ortho intramolecular Hbond substituents is 1. The second-order valence-electron chi connectivity index (χ2n) is 6.27. The van der Waals surface area contributed by atoms with Gasteiger partial charge in [-0.2, -0.15) is 0 Å². The van der Waals surface area contributed by atoms with Gasteiger partial charge in [-0.1, -0.05) is 0 Å². The SMILES string of the molecule is COCCN1C(=O)C(=O)/C(=C(/O)c2ccncc2)C1c1cc(Br)c(O)c(OC)c1. The topological polar surface area (TPSA) is 109 Å². The quantitative estimate of drug-likeness (QED) is 0.385. The number of amides is 1. The van der Waals surface area contributed by atoms with E-state index in [0.29, 0.717) is 15.6 Å². The lowest BCUT2D eigenvalue weighted by Crippen LogP contribution is -2.32. The number of methoxy groups -OCH3 is 2. The van der Waals surface area contributed by atoms with Crippen molar-refractivity contribution in [1.82, 2.24) is 9.88 Å². The Balaban J connectivity index is 2.23. The number of carbonyl (C=O) groups excluding carboxylic acids is 2. The Hall–Kier alpha value is -2.91. The number of carbonyl (C=O) groups is 2. The summed E-state index contributed by atoms with van der Waals surface area (Å²) in [5.41, 5.74) is 0.786. The van der Waals surface area contributed by atoms with Gasteiger partial charge in [0.2, 0.25) is 0 Å². The fourth-order valence-electron chi connectivity index (χ4n) is 3.22. The van der Waals surface area contributed by atoms with Crippen molar-refractivity contribution in [3.8, 4) is 11.5 Å². The molecular formula is C20H19BrN2O6. The van der Waals surface area contributed by atoms with Gasteiger partial charge in [-0.25, -0.2) is 0 Å². The molecule has 1 aliphatic heterocycles. The van der Waals surface area contributed by atoms with Gasteiger partial charge in [0.1, 0.15) is 5.76 Å². The first-order chi connectivity index (χ1) is 13.9. The highest BCUT2D eigenvalue weighted by atomic mass is 79.9. The summed E-state index contributed by atoms with van der Waals surface area (Å²) in [5.74, 6) is -1.80. The molecule has 2 N–H and O–H groups in total. The van der Waals surface area contributed by atoms with Gasteiger partial charge in [-0.3, -0.25) is 14.6 Å². The van der Waals surface area contributed by atoms with Gasteiger partial charge in [-0.15, -0.1) is 0 Å². The van der Waals surface area contributed by atoms with Gasteiger partial charge in [0.25, 0.3) is 11.7 Å². The summed E-state index contributed by atoms with van der Waals surface area (Å²) in [5, 5.41) is 21.0. The summed E-state index contributed by atoms with van der Waals surface area (Å²) >= 11 is 3.26. The van der Waals surface area contributed by atoms with E-state index in [9.17, 15) is 19.8 Å². The minimum Gasteiger partial charge on any atom is -0.507 e. The zero-order valence-corrected chi connectivity index (χ0v) is 17.3. The molecule has 1 aromatic carbocycles. The predicted octanol–water partition coefficient (Wildman–Crippen LogP) is 2.63. The fourth-order valence-corrected chi connectivity index (χ4v) is 3.68. The van der Waals surface area contributed by atoms with Crippen molar-refractivity contribution >= 4 is 33.4 Å². The van der Waals surface area contributed by atoms with Crippen molar-refractivity contribution < 1.29 is 29.3 Å². The number of ketones is 1. The molecule has 0 spiro atoms. The molecule has 3 rings (SSSR count). The molecule has 1 saturated heterocycles. The van der Waals surface area contributed by atoms with Crippen molar-refractivity contribution in [2.45, 2.75) is 6.04 Å². The first-order valence-corrected chi connectivity index (χ1v) is 9.44. The van der Waals surface area contributed by atoms with E-state index < -0.39 is 17.7 Å². The van der Waals surface area contributed by atoms with Gasteiger partial charge in [0.15, 0.2) is 11.5 Å². The Bertz CT molecular complexity index is 976. The number of phenols is 1. The number of pyridine rings is 1. The van der Waals surface area contributed by atoms with Crippen LogP contribution in [0.4, 0.5) is 0 Å². The third-order valence-electron chi connectivity index (χ3n) is 4.62. The smallest absolute Gasteiger partial charge is 0.295 e. The molecule has 1 unspecified atom stereocenters. The average molecular weight is 463 g/mol. The largest absolute Gasteiger partial charge is 0.507 e. The lowest BCUT2D eigenvalue weighted by atomic mass is 9.95. The lowest BCUT2D eigenvalue weighted by molar-refractivity contribution is -0.140. The number of aromatic hydroxyl groups is 1. The highest BCUT2D eigenvalue weighted by Crippen LogP contribution is 2.44. The molecule has 1 atom stereocenters. The first kappa shape index (κ1) is 20.8. The van der Waals surface area contributed by atoms with E-state index >= 15 is 0 Å². The van der Waals surface area contributed by atoms with E-state index in [-0.39, 0.29) is 36.0 Å². The Morgan fingerprint density at radius 1 is 1.24 bits per heavy atom. The Kier molecular flexibility index (Phi) is 6.19.